The third-order valence-electron chi connectivity index (χ3n) is 4.84. The fourth-order valence-electron chi connectivity index (χ4n) is 3.38. The van der Waals surface area contributed by atoms with Crippen molar-refractivity contribution in [3.05, 3.63) is 69.3 Å². The second-order valence-corrected chi connectivity index (χ2v) is 7.77. The second kappa shape index (κ2) is 6.89. The molecule has 0 unspecified atom stereocenters. The van der Waals surface area contributed by atoms with Crippen molar-refractivity contribution in [2.45, 2.75) is 13.0 Å². The number of nitrogens with one attached hydrogen (secondary N) is 1. The predicted molar refractivity (Wildman–Crippen MR) is 110 cm³/mol. The molecule has 0 radical (unpaired) electrons. The Morgan fingerprint density at radius 3 is 2.79 bits per heavy atom. The summed E-state index contributed by atoms with van der Waals surface area (Å²) in [5, 5.41) is 2.94. The molecule has 0 fully saturated rings. The lowest BCUT2D eigenvalue weighted by molar-refractivity contribution is 0.0943. The van der Waals surface area contributed by atoms with Gasteiger partial charge < -0.3 is 14.8 Å². The molecule has 5 rings (SSSR count). The van der Waals surface area contributed by atoms with E-state index in [4.69, 9.17) is 9.47 Å². The van der Waals surface area contributed by atoms with Gasteiger partial charge in [-0.15, -0.1) is 0 Å². The van der Waals surface area contributed by atoms with E-state index in [0.29, 0.717) is 34.6 Å². The van der Waals surface area contributed by atoms with Gasteiger partial charge in [-0.05, 0) is 36.8 Å². The number of nitrogens with zero attached hydrogens (tertiary/aromatic N) is 2. The minimum Gasteiger partial charge on any atom is -0.486 e. The Balaban J connectivity index is 1.44. The van der Waals surface area contributed by atoms with Gasteiger partial charge in [0.1, 0.15) is 18.1 Å². The van der Waals surface area contributed by atoms with Crippen LogP contribution in [0.4, 0.5) is 0 Å². The lowest BCUT2D eigenvalue weighted by Crippen LogP contribution is -2.27. The number of hydrogen-bond acceptors (Lipinski definition) is 6. The fourth-order valence-corrected chi connectivity index (χ4v) is 4.31. The van der Waals surface area contributed by atoms with Crippen LogP contribution in [0.5, 0.6) is 11.5 Å². The number of ether oxygens (including phenoxy) is 2. The van der Waals surface area contributed by atoms with Crippen LogP contribution in [0, 0.1) is 0 Å². The van der Waals surface area contributed by atoms with Gasteiger partial charge in [0.05, 0.1) is 17.1 Å². The van der Waals surface area contributed by atoms with Gasteiger partial charge >= 0.3 is 0 Å². The number of fused-ring (bicyclic) bond motifs is 4. The molecular weight excluding hydrogens is 390 g/mol. The van der Waals surface area contributed by atoms with Crippen LogP contribution < -0.4 is 20.3 Å². The van der Waals surface area contributed by atoms with Crippen molar-refractivity contribution >= 4 is 33.2 Å². The van der Waals surface area contributed by atoms with E-state index in [9.17, 15) is 9.59 Å². The van der Waals surface area contributed by atoms with Gasteiger partial charge in [0, 0.05) is 6.07 Å². The number of rotatable bonds is 3. The summed E-state index contributed by atoms with van der Waals surface area (Å²) in [4.78, 5) is 30.7. The van der Waals surface area contributed by atoms with Crippen molar-refractivity contribution in [1.29, 1.82) is 0 Å². The highest BCUT2D eigenvalue weighted by Crippen LogP contribution is 2.32. The molecule has 1 amide bonds. The first-order valence-corrected chi connectivity index (χ1v) is 10.0. The summed E-state index contributed by atoms with van der Waals surface area (Å²) in [6.45, 7) is 2.92. The molecule has 146 valence electrons. The largest absolute Gasteiger partial charge is 0.486 e. The van der Waals surface area contributed by atoms with Gasteiger partial charge in [-0.1, -0.05) is 29.5 Å². The van der Waals surface area contributed by atoms with Crippen molar-refractivity contribution in [3.8, 4) is 11.5 Å². The van der Waals surface area contributed by atoms with Crippen molar-refractivity contribution in [1.82, 2.24) is 14.7 Å². The van der Waals surface area contributed by atoms with Crippen LogP contribution in [0.1, 0.15) is 28.2 Å². The second-order valence-electron chi connectivity index (χ2n) is 6.77. The van der Waals surface area contributed by atoms with E-state index in [1.807, 2.05) is 49.4 Å². The van der Waals surface area contributed by atoms with E-state index >= 15 is 0 Å². The highest BCUT2D eigenvalue weighted by atomic mass is 32.1. The summed E-state index contributed by atoms with van der Waals surface area (Å²) in [6, 6.07) is 14.1. The average molecular weight is 407 g/mol. The molecule has 4 aromatic rings. The van der Waals surface area contributed by atoms with Gasteiger partial charge in [-0.25, -0.2) is 4.98 Å². The van der Waals surface area contributed by atoms with Crippen LogP contribution in [0.15, 0.2) is 53.3 Å². The van der Waals surface area contributed by atoms with Gasteiger partial charge in [0.15, 0.2) is 16.5 Å². The molecule has 0 spiro atoms. The first-order chi connectivity index (χ1) is 14.1. The monoisotopic (exact) mass is 407 g/mol. The molecule has 1 atom stereocenters. The summed E-state index contributed by atoms with van der Waals surface area (Å²) in [5.41, 5.74) is 2.08. The van der Waals surface area contributed by atoms with Crippen molar-refractivity contribution in [2.75, 3.05) is 13.2 Å². The summed E-state index contributed by atoms with van der Waals surface area (Å²) in [6.07, 6.45) is 0. The number of aromatic nitrogens is 2. The summed E-state index contributed by atoms with van der Waals surface area (Å²) in [7, 11) is 0. The first-order valence-electron chi connectivity index (χ1n) is 9.22. The molecule has 0 bridgehead atoms. The maximum atomic E-state index is 12.8. The molecule has 1 N–H and O–H groups in total. The van der Waals surface area contributed by atoms with E-state index in [1.54, 1.807) is 0 Å². The quantitative estimate of drug-likeness (QED) is 0.564. The molecule has 1 aliphatic heterocycles. The lowest BCUT2D eigenvalue weighted by Gasteiger charge is -2.21. The number of benzene rings is 2. The Kier molecular flexibility index (Phi) is 4.21. The zero-order valence-corrected chi connectivity index (χ0v) is 16.4. The zero-order valence-electron chi connectivity index (χ0n) is 15.5. The molecule has 0 aliphatic carbocycles. The standard InChI is InChI=1S/C21H17N3O4S/c1-12(13-6-7-16-17(10-13)28-9-8-27-16)22-20(26)18-11-19(25)24-15-5-3-2-4-14(15)23-21(24)29-18/h2-7,10-12H,8-9H2,1H3,(H,22,26)/t12-/m0/s1. The highest BCUT2D eigenvalue weighted by molar-refractivity contribution is 7.18. The van der Waals surface area contributed by atoms with E-state index in [1.165, 1.54) is 21.8 Å². The summed E-state index contributed by atoms with van der Waals surface area (Å²) < 4.78 is 12.7. The van der Waals surface area contributed by atoms with Gasteiger partial charge in [0.2, 0.25) is 0 Å². The maximum Gasteiger partial charge on any atom is 0.262 e. The number of carbonyl (C=O) groups is 1. The summed E-state index contributed by atoms with van der Waals surface area (Å²) >= 11 is 1.19. The maximum absolute atomic E-state index is 12.8. The van der Waals surface area contributed by atoms with Gasteiger partial charge in [0.25, 0.3) is 11.5 Å². The van der Waals surface area contributed by atoms with E-state index in [-0.39, 0.29) is 17.5 Å². The third-order valence-corrected chi connectivity index (χ3v) is 5.82. The number of carbonyl (C=O) groups excluding carboxylic acids is 1. The van der Waals surface area contributed by atoms with Crippen molar-refractivity contribution in [3.63, 3.8) is 0 Å². The van der Waals surface area contributed by atoms with E-state index < -0.39 is 0 Å². The summed E-state index contributed by atoms with van der Waals surface area (Å²) in [5.74, 6) is 1.06. The van der Waals surface area contributed by atoms with Crippen LogP contribution in [-0.4, -0.2) is 28.5 Å². The van der Waals surface area contributed by atoms with Crippen LogP contribution in [0.2, 0.25) is 0 Å². The smallest absolute Gasteiger partial charge is 0.262 e. The molecule has 2 aromatic heterocycles. The Hall–Kier alpha value is -3.39. The number of para-hydroxylation sites is 2. The minimum absolute atomic E-state index is 0.268. The molecule has 2 aromatic carbocycles. The molecule has 0 saturated carbocycles. The van der Waals surface area contributed by atoms with Crippen LogP contribution in [0.3, 0.4) is 0 Å². The van der Waals surface area contributed by atoms with Crippen LogP contribution in [-0.2, 0) is 0 Å². The Bertz CT molecular complexity index is 1310. The molecular formula is C21H17N3O4S. The third kappa shape index (κ3) is 3.11. The van der Waals surface area contributed by atoms with E-state index in [2.05, 4.69) is 10.3 Å². The molecule has 8 heteroatoms. The van der Waals surface area contributed by atoms with Crippen LogP contribution >= 0.6 is 11.3 Å². The Morgan fingerprint density at radius 2 is 1.93 bits per heavy atom. The van der Waals surface area contributed by atoms with Crippen molar-refractivity contribution < 1.29 is 14.3 Å². The van der Waals surface area contributed by atoms with Gasteiger partial charge in [-0.2, -0.15) is 0 Å². The number of imidazole rings is 1. The Labute approximate surface area is 169 Å². The molecule has 29 heavy (non-hydrogen) atoms. The fraction of sp³-hybridized carbons (Fsp3) is 0.190. The minimum atomic E-state index is -0.316. The van der Waals surface area contributed by atoms with E-state index in [0.717, 1.165) is 16.6 Å². The Morgan fingerprint density at radius 1 is 1.14 bits per heavy atom. The lowest BCUT2D eigenvalue weighted by atomic mass is 10.1. The number of amides is 1. The van der Waals surface area contributed by atoms with Crippen LogP contribution in [0.25, 0.3) is 16.0 Å². The molecule has 7 nitrogen and oxygen atoms in total. The first kappa shape index (κ1) is 17.7. The average Bonchev–Trinajstić information content (AvgIpc) is 3.12. The molecule has 0 saturated heterocycles. The molecule has 3 heterocycles. The van der Waals surface area contributed by atoms with Crippen molar-refractivity contribution in [2.24, 2.45) is 0 Å². The SMILES string of the molecule is C[C@H](NC(=O)c1cc(=O)n2c(nc3ccccc32)s1)c1ccc2c(c1)OCCO2. The number of hydrogen-bond donors (Lipinski definition) is 1. The topological polar surface area (TPSA) is 81.9 Å². The highest BCUT2D eigenvalue weighted by Gasteiger charge is 2.18. The normalized spacial score (nSPS) is 14.1. The zero-order chi connectivity index (χ0) is 20.0. The van der Waals surface area contributed by atoms with Gasteiger partial charge in [-0.3, -0.25) is 14.0 Å². The molecule has 1 aliphatic rings. The predicted octanol–water partition coefficient (Wildman–Crippen LogP) is 3.17.